The highest BCUT2D eigenvalue weighted by atomic mass is 15.3. The third-order valence-electron chi connectivity index (χ3n) is 2.93. The van der Waals surface area contributed by atoms with Gasteiger partial charge in [0.05, 0.1) is 12.4 Å². The predicted octanol–water partition coefficient (Wildman–Crippen LogP) is 1.72. The number of hydrogen-bond acceptors (Lipinski definition) is 3. The van der Waals surface area contributed by atoms with Crippen LogP contribution < -0.4 is 10.6 Å². The Labute approximate surface area is 113 Å². The normalized spacial score (nSPS) is 10.3. The lowest BCUT2D eigenvalue weighted by molar-refractivity contribution is 0.597. The molecule has 0 amide bonds. The molecule has 1 aromatic carbocycles. The van der Waals surface area contributed by atoms with Crippen LogP contribution in [-0.2, 0) is 6.54 Å². The van der Waals surface area contributed by atoms with Crippen molar-refractivity contribution in [3.63, 3.8) is 0 Å². The van der Waals surface area contributed by atoms with Crippen LogP contribution >= 0.6 is 0 Å². The fourth-order valence-electron chi connectivity index (χ4n) is 1.92. The molecule has 2 rings (SSSR count). The number of anilines is 1. The standard InChI is InChI=1S/C14H19N5/c15-14(16)7-10-18(13-5-2-1-3-6-13)11-12-19-9-4-8-17-19/h1-6,8-9H,7,10-12H2,(H3,15,16). The average Bonchev–Trinajstić information content (AvgIpc) is 2.93. The number of hydrogen-bond donors (Lipinski definition) is 2. The zero-order valence-electron chi connectivity index (χ0n) is 10.9. The summed E-state index contributed by atoms with van der Waals surface area (Å²) in [6.07, 6.45) is 4.31. The first-order valence-corrected chi connectivity index (χ1v) is 6.36. The fraction of sp³-hybridized carbons (Fsp3) is 0.286. The summed E-state index contributed by atoms with van der Waals surface area (Å²) in [5, 5.41) is 11.6. The molecule has 0 unspecified atom stereocenters. The Morgan fingerprint density at radius 2 is 2.00 bits per heavy atom. The molecular formula is C14H19N5. The Morgan fingerprint density at radius 3 is 2.63 bits per heavy atom. The highest BCUT2D eigenvalue weighted by molar-refractivity contribution is 5.77. The molecule has 0 aliphatic heterocycles. The van der Waals surface area contributed by atoms with E-state index >= 15 is 0 Å². The summed E-state index contributed by atoms with van der Waals surface area (Å²) in [4.78, 5) is 2.23. The van der Waals surface area contributed by atoms with E-state index in [4.69, 9.17) is 11.1 Å². The van der Waals surface area contributed by atoms with Crippen LogP contribution in [0, 0.1) is 5.41 Å². The van der Waals surface area contributed by atoms with Crippen LogP contribution in [0.3, 0.4) is 0 Å². The number of rotatable bonds is 7. The molecule has 1 aromatic heterocycles. The second kappa shape index (κ2) is 6.58. The van der Waals surface area contributed by atoms with E-state index in [-0.39, 0.29) is 5.84 Å². The summed E-state index contributed by atoms with van der Waals surface area (Å²) in [6, 6.07) is 12.1. The van der Waals surface area contributed by atoms with Crippen molar-refractivity contribution in [3.05, 3.63) is 48.8 Å². The minimum absolute atomic E-state index is 0.222. The molecule has 0 spiro atoms. The molecule has 3 N–H and O–H groups in total. The molecule has 0 atom stereocenters. The topological polar surface area (TPSA) is 70.9 Å². The van der Waals surface area contributed by atoms with E-state index in [2.05, 4.69) is 22.1 Å². The fourth-order valence-corrected chi connectivity index (χ4v) is 1.92. The average molecular weight is 257 g/mol. The van der Waals surface area contributed by atoms with Gasteiger partial charge in [0, 0.05) is 37.6 Å². The van der Waals surface area contributed by atoms with E-state index in [0.29, 0.717) is 6.42 Å². The van der Waals surface area contributed by atoms with Crippen LogP contribution in [0.2, 0.25) is 0 Å². The molecule has 0 aliphatic rings. The SMILES string of the molecule is N=C(N)CCN(CCn1cccn1)c1ccccc1. The van der Waals surface area contributed by atoms with Gasteiger partial charge < -0.3 is 10.6 Å². The van der Waals surface area contributed by atoms with Crippen molar-refractivity contribution in [1.29, 1.82) is 5.41 Å². The van der Waals surface area contributed by atoms with Crippen LogP contribution in [0.25, 0.3) is 0 Å². The lowest BCUT2D eigenvalue weighted by Crippen LogP contribution is -2.31. The lowest BCUT2D eigenvalue weighted by Gasteiger charge is -2.24. The summed E-state index contributed by atoms with van der Waals surface area (Å²) in [5.41, 5.74) is 6.60. The Bertz CT molecular complexity index is 492. The van der Waals surface area contributed by atoms with E-state index in [9.17, 15) is 0 Å². The highest BCUT2D eigenvalue weighted by Gasteiger charge is 2.06. The van der Waals surface area contributed by atoms with Gasteiger partial charge in [0.15, 0.2) is 0 Å². The maximum atomic E-state index is 7.36. The monoisotopic (exact) mass is 257 g/mol. The molecule has 19 heavy (non-hydrogen) atoms. The summed E-state index contributed by atoms with van der Waals surface area (Å²) in [7, 11) is 0. The zero-order chi connectivity index (χ0) is 13.5. The third kappa shape index (κ3) is 4.13. The molecule has 0 aliphatic carbocycles. The van der Waals surface area contributed by atoms with Gasteiger partial charge in [-0.15, -0.1) is 0 Å². The minimum Gasteiger partial charge on any atom is -0.388 e. The largest absolute Gasteiger partial charge is 0.388 e. The molecule has 5 nitrogen and oxygen atoms in total. The van der Waals surface area contributed by atoms with Gasteiger partial charge >= 0.3 is 0 Å². The molecule has 2 aromatic rings. The molecule has 0 fully saturated rings. The summed E-state index contributed by atoms with van der Waals surface area (Å²) in [5.74, 6) is 0.222. The van der Waals surface area contributed by atoms with Crippen LogP contribution in [0.4, 0.5) is 5.69 Å². The van der Waals surface area contributed by atoms with E-state index in [1.165, 1.54) is 0 Å². The zero-order valence-corrected chi connectivity index (χ0v) is 10.9. The Morgan fingerprint density at radius 1 is 1.21 bits per heavy atom. The van der Waals surface area contributed by atoms with Crippen LogP contribution in [0.5, 0.6) is 0 Å². The minimum atomic E-state index is 0.222. The number of benzene rings is 1. The Balaban J connectivity index is 1.99. The number of para-hydroxylation sites is 1. The molecule has 5 heteroatoms. The first-order valence-electron chi connectivity index (χ1n) is 6.36. The van der Waals surface area contributed by atoms with Gasteiger partial charge in [-0.25, -0.2) is 0 Å². The van der Waals surface area contributed by atoms with Crippen LogP contribution in [0.1, 0.15) is 6.42 Å². The van der Waals surface area contributed by atoms with Crippen molar-refractivity contribution in [1.82, 2.24) is 9.78 Å². The number of aromatic nitrogens is 2. The van der Waals surface area contributed by atoms with Crippen molar-refractivity contribution < 1.29 is 0 Å². The van der Waals surface area contributed by atoms with E-state index in [1.54, 1.807) is 6.20 Å². The Kier molecular flexibility index (Phi) is 4.55. The molecule has 0 saturated carbocycles. The van der Waals surface area contributed by atoms with Crippen LogP contribution in [-0.4, -0.2) is 28.7 Å². The molecule has 1 heterocycles. The summed E-state index contributed by atoms with van der Waals surface area (Å²) >= 11 is 0. The van der Waals surface area contributed by atoms with E-state index < -0.39 is 0 Å². The third-order valence-corrected chi connectivity index (χ3v) is 2.93. The van der Waals surface area contributed by atoms with Crippen molar-refractivity contribution in [2.45, 2.75) is 13.0 Å². The van der Waals surface area contributed by atoms with E-state index in [0.717, 1.165) is 25.3 Å². The Hall–Kier alpha value is -2.30. The molecule has 0 saturated heterocycles. The van der Waals surface area contributed by atoms with Crippen molar-refractivity contribution in [2.75, 3.05) is 18.0 Å². The summed E-state index contributed by atoms with van der Waals surface area (Å²) < 4.78 is 1.91. The molecule has 0 radical (unpaired) electrons. The molecule has 0 bridgehead atoms. The van der Waals surface area contributed by atoms with Crippen molar-refractivity contribution in [3.8, 4) is 0 Å². The molecular weight excluding hydrogens is 238 g/mol. The maximum absolute atomic E-state index is 7.36. The second-order valence-corrected chi connectivity index (χ2v) is 4.37. The van der Waals surface area contributed by atoms with Gasteiger partial charge in [-0.1, -0.05) is 18.2 Å². The van der Waals surface area contributed by atoms with Gasteiger partial charge in [0.25, 0.3) is 0 Å². The predicted molar refractivity (Wildman–Crippen MR) is 77.4 cm³/mol. The number of amidine groups is 1. The maximum Gasteiger partial charge on any atom is 0.0923 e. The van der Waals surface area contributed by atoms with Gasteiger partial charge in [-0.3, -0.25) is 10.1 Å². The first kappa shape index (κ1) is 13.1. The summed E-state index contributed by atoms with van der Waals surface area (Å²) in [6.45, 7) is 2.42. The molecule has 100 valence electrons. The smallest absolute Gasteiger partial charge is 0.0923 e. The number of nitrogens with two attached hydrogens (primary N) is 1. The number of nitrogens with zero attached hydrogens (tertiary/aromatic N) is 3. The lowest BCUT2D eigenvalue weighted by atomic mass is 10.2. The first-order chi connectivity index (χ1) is 9.25. The number of nitrogens with one attached hydrogen (secondary N) is 1. The van der Waals surface area contributed by atoms with E-state index in [1.807, 2.05) is 35.1 Å². The van der Waals surface area contributed by atoms with Gasteiger partial charge in [-0.2, -0.15) is 5.10 Å². The second-order valence-electron chi connectivity index (χ2n) is 4.37. The van der Waals surface area contributed by atoms with Crippen molar-refractivity contribution >= 4 is 11.5 Å². The van der Waals surface area contributed by atoms with Gasteiger partial charge in [0.2, 0.25) is 0 Å². The van der Waals surface area contributed by atoms with Gasteiger partial charge in [-0.05, 0) is 18.2 Å². The van der Waals surface area contributed by atoms with Gasteiger partial charge in [0.1, 0.15) is 0 Å². The highest BCUT2D eigenvalue weighted by Crippen LogP contribution is 2.13. The van der Waals surface area contributed by atoms with Crippen molar-refractivity contribution in [2.24, 2.45) is 5.73 Å². The van der Waals surface area contributed by atoms with Crippen LogP contribution in [0.15, 0.2) is 48.8 Å². The quantitative estimate of drug-likeness (QED) is 0.586.